The molecule has 3 rings (SSSR count). The Kier molecular flexibility index (Phi) is 11.7. The minimum absolute atomic E-state index is 0.718. The van der Waals surface area contributed by atoms with Crippen molar-refractivity contribution in [3.63, 3.8) is 0 Å². The number of carbonyl (C=O) groups is 1. The average Bonchev–Trinajstić information content (AvgIpc) is 2.96. The molecule has 0 unspecified atom stereocenters. The number of ether oxygens (including phenoxy) is 6. The second-order valence-corrected chi connectivity index (χ2v) is 10.6. The number of rotatable bonds is 9. The quantitative estimate of drug-likeness (QED) is 0.0642. The van der Waals surface area contributed by atoms with E-state index in [4.69, 9.17) is 46.0 Å². The summed E-state index contributed by atoms with van der Waals surface area (Å²) in [5.74, 6) is -4.42. The van der Waals surface area contributed by atoms with Crippen LogP contribution in [0, 0.1) is 5.41 Å². The largest absolute Gasteiger partial charge is 0.480 e. The molecule has 3 fully saturated rings. The molecular weight excluding hydrogens is 592 g/mol. The normalized spacial score (nSPS) is 46.1. The molecule has 3 saturated heterocycles. The van der Waals surface area contributed by atoms with Gasteiger partial charge in [-0.3, -0.25) is 10.2 Å². The van der Waals surface area contributed by atoms with Crippen molar-refractivity contribution in [1.82, 2.24) is 5.32 Å². The fourth-order valence-electron chi connectivity index (χ4n) is 4.92. The Morgan fingerprint density at radius 3 is 1.93 bits per heavy atom. The summed E-state index contributed by atoms with van der Waals surface area (Å²) < 4.78 is 33.1. The van der Waals surface area contributed by atoms with Crippen molar-refractivity contribution in [1.29, 1.82) is 5.41 Å². The van der Waals surface area contributed by atoms with E-state index in [0.717, 1.165) is 14.0 Å². The van der Waals surface area contributed by atoms with E-state index in [0.29, 0.717) is 0 Å². The molecule has 3 aliphatic heterocycles. The van der Waals surface area contributed by atoms with Crippen LogP contribution in [0.1, 0.15) is 13.8 Å². The summed E-state index contributed by atoms with van der Waals surface area (Å²) in [6.45, 7) is 0.622. The van der Waals surface area contributed by atoms with Crippen LogP contribution in [0.15, 0.2) is 0 Å². The predicted octanol–water partition coefficient (Wildman–Crippen LogP) is -6.04. The summed E-state index contributed by atoms with van der Waals surface area (Å²) in [6.07, 6.45) is -22.1. The van der Waals surface area contributed by atoms with Gasteiger partial charge in [-0.25, -0.2) is 0 Å². The predicted molar refractivity (Wildman–Crippen MR) is 138 cm³/mol. The zero-order chi connectivity index (χ0) is 31.7. The van der Waals surface area contributed by atoms with E-state index in [1.807, 2.05) is 0 Å². The Morgan fingerprint density at radius 1 is 0.881 bits per heavy atom. The third-order valence-electron chi connectivity index (χ3n) is 7.29. The van der Waals surface area contributed by atoms with Crippen LogP contribution in [0.2, 0.25) is 0 Å². The molecule has 15 atom stereocenters. The van der Waals surface area contributed by atoms with Gasteiger partial charge in [-0.15, -0.1) is 0 Å². The lowest BCUT2D eigenvalue weighted by molar-refractivity contribution is -0.378. The maximum Gasteiger partial charge on any atom is 0.232 e. The highest BCUT2D eigenvalue weighted by atomic mass is 32.1. The summed E-state index contributed by atoms with van der Waals surface area (Å²) in [6, 6.07) is -1.85. The molecule has 11 N–H and O–H groups in total. The first kappa shape index (κ1) is 35.0. The third kappa shape index (κ3) is 6.75. The molecule has 19 heteroatoms. The molecule has 18 nitrogen and oxygen atoms in total. The molecule has 3 aliphatic rings. The monoisotopic (exact) mass is 630 g/mol. The standard InChI is InChI=1S/C23H38N2O16S/c1-6-10(29)12(31)14(33)21(37-6)39-16-9(5-27)41-23(35,19(42)20(24)36-3)18(25-7(2)28)17(16)40-22-15(34)13(32)11(30)8(4-26)38-22/h6,8-18,21-22,24,26-27,29-35H,4-5H2,1-3H3,(H,25,28)/t6-,8+,9+,10+,11-,12+,13-,14-,15+,16+,17-,18+,21-,22-,23-/m0/s1. The van der Waals surface area contributed by atoms with E-state index in [1.54, 1.807) is 0 Å². The highest BCUT2D eigenvalue weighted by Crippen LogP contribution is 2.37. The van der Waals surface area contributed by atoms with Gasteiger partial charge in [0, 0.05) is 6.92 Å². The minimum Gasteiger partial charge on any atom is -0.480 e. The molecular formula is C23H38N2O16S. The molecule has 3 heterocycles. The molecule has 0 saturated carbocycles. The number of nitrogens with one attached hydrogen (secondary N) is 2. The van der Waals surface area contributed by atoms with Gasteiger partial charge in [0.2, 0.25) is 17.6 Å². The van der Waals surface area contributed by atoms with E-state index >= 15 is 0 Å². The highest BCUT2D eigenvalue weighted by Gasteiger charge is 2.61. The van der Waals surface area contributed by atoms with Crippen molar-refractivity contribution >= 4 is 28.9 Å². The van der Waals surface area contributed by atoms with Crippen molar-refractivity contribution in [3.05, 3.63) is 0 Å². The molecule has 0 radical (unpaired) electrons. The number of thiocarbonyl (C=S) groups is 1. The van der Waals surface area contributed by atoms with Crippen LogP contribution in [0.3, 0.4) is 0 Å². The van der Waals surface area contributed by atoms with Gasteiger partial charge in [0.15, 0.2) is 12.6 Å². The first-order valence-electron chi connectivity index (χ1n) is 12.9. The summed E-state index contributed by atoms with van der Waals surface area (Å²) in [5.41, 5.74) is 0. The van der Waals surface area contributed by atoms with Gasteiger partial charge < -0.3 is 79.7 Å². The summed E-state index contributed by atoms with van der Waals surface area (Å²) in [5, 5.41) is 104. The fourth-order valence-corrected chi connectivity index (χ4v) is 5.18. The Labute approximate surface area is 244 Å². The first-order valence-corrected chi connectivity index (χ1v) is 13.3. The molecule has 1 amide bonds. The average molecular weight is 631 g/mol. The van der Waals surface area contributed by atoms with Gasteiger partial charge in [0.05, 0.1) is 26.4 Å². The SMILES string of the molecule is COC(=N)C(=S)[C@@]1(O)O[C@H](CO)[C@@H](O[C@@H]2O[C@@H](C)[C@@H](O)[C@@H](O)[C@@H]2O)[C@H](O[C@@H]2O[C@H](CO)[C@H](O)[C@H](O)[C@H]2O)[C@H]1NC(C)=O. The number of amides is 1. The number of hydrogen-bond acceptors (Lipinski definition) is 18. The Morgan fingerprint density at radius 2 is 1.40 bits per heavy atom. The maximum absolute atomic E-state index is 12.3. The Bertz CT molecular complexity index is 977. The van der Waals surface area contributed by atoms with E-state index < -0.39 is 121 Å². The number of aliphatic hydroxyl groups is 9. The molecule has 0 aromatic carbocycles. The van der Waals surface area contributed by atoms with Crippen molar-refractivity contribution < 1.29 is 79.2 Å². The van der Waals surface area contributed by atoms with Crippen molar-refractivity contribution in [3.8, 4) is 0 Å². The van der Waals surface area contributed by atoms with E-state index in [-0.39, 0.29) is 0 Å². The third-order valence-corrected chi connectivity index (χ3v) is 7.76. The van der Waals surface area contributed by atoms with Gasteiger partial charge in [-0.1, -0.05) is 12.2 Å². The molecule has 0 aromatic rings. The van der Waals surface area contributed by atoms with Crippen LogP contribution in [-0.4, -0.2) is 175 Å². The summed E-state index contributed by atoms with van der Waals surface area (Å²) in [4.78, 5) is 11.6. The van der Waals surface area contributed by atoms with Crippen LogP contribution < -0.4 is 5.32 Å². The van der Waals surface area contributed by atoms with Crippen LogP contribution in [0.5, 0.6) is 0 Å². The smallest absolute Gasteiger partial charge is 0.232 e. The van der Waals surface area contributed by atoms with Crippen LogP contribution >= 0.6 is 12.2 Å². The van der Waals surface area contributed by atoms with Crippen LogP contribution in [-0.2, 0) is 33.2 Å². The highest BCUT2D eigenvalue weighted by molar-refractivity contribution is 7.82. The zero-order valence-electron chi connectivity index (χ0n) is 22.8. The number of aliphatic hydroxyl groups excluding tert-OH is 8. The van der Waals surface area contributed by atoms with E-state index in [2.05, 4.69) is 5.32 Å². The van der Waals surface area contributed by atoms with Crippen molar-refractivity contribution in [2.45, 2.75) is 105 Å². The van der Waals surface area contributed by atoms with Gasteiger partial charge in [0.1, 0.15) is 71.9 Å². The molecule has 0 bridgehead atoms. The van der Waals surface area contributed by atoms with Gasteiger partial charge in [-0.05, 0) is 6.92 Å². The topological polar surface area (TPSA) is 290 Å². The Balaban J connectivity index is 2.11. The molecule has 242 valence electrons. The van der Waals surface area contributed by atoms with E-state index in [1.165, 1.54) is 6.92 Å². The molecule has 0 aromatic heterocycles. The lowest BCUT2D eigenvalue weighted by Crippen LogP contribution is -2.75. The summed E-state index contributed by atoms with van der Waals surface area (Å²) >= 11 is 5.19. The zero-order valence-corrected chi connectivity index (χ0v) is 23.6. The van der Waals surface area contributed by atoms with Gasteiger partial charge in [0.25, 0.3) is 0 Å². The summed E-state index contributed by atoms with van der Waals surface area (Å²) in [7, 11) is 1.06. The second-order valence-electron chi connectivity index (χ2n) is 10.2. The fraction of sp³-hybridized carbons (Fsp3) is 0.870. The van der Waals surface area contributed by atoms with Gasteiger partial charge >= 0.3 is 0 Å². The number of methoxy groups -OCH3 is 1. The maximum atomic E-state index is 12.3. The Hall–Kier alpha value is -1.53. The molecule has 42 heavy (non-hydrogen) atoms. The number of hydrogen-bond donors (Lipinski definition) is 11. The van der Waals surface area contributed by atoms with Crippen molar-refractivity contribution in [2.24, 2.45) is 0 Å². The van der Waals surface area contributed by atoms with Crippen LogP contribution in [0.4, 0.5) is 0 Å². The number of carbonyl (C=O) groups excluding carboxylic acids is 1. The molecule has 0 aliphatic carbocycles. The lowest BCUT2D eigenvalue weighted by Gasteiger charge is -2.52. The first-order chi connectivity index (χ1) is 19.6. The minimum atomic E-state index is -2.84. The molecule has 0 spiro atoms. The lowest BCUT2D eigenvalue weighted by atomic mass is 9.87. The second kappa shape index (κ2) is 14.1. The van der Waals surface area contributed by atoms with Gasteiger partial charge in [-0.2, -0.15) is 0 Å². The van der Waals surface area contributed by atoms with Crippen molar-refractivity contribution in [2.75, 3.05) is 20.3 Å². The van der Waals surface area contributed by atoms with E-state index in [9.17, 15) is 50.8 Å². The van der Waals surface area contributed by atoms with Crippen LogP contribution in [0.25, 0.3) is 0 Å².